The van der Waals surface area contributed by atoms with Crippen LogP contribution in [0.1, 0.15) is 10.4 Å². The maximum Gasteiger partial charge on any atom is 0.255 e. The third kappa shape index (κ3) is 3.72. The third-order valence-electron chi connectivity index (χ3n) is 2.65. The van der Waals surface area contributed by atoms with Crippen molar-refractivity contribution in [1.82, 2.24) is 0 Å². The fourth-order valence-corrected chi connectivity index (χ4v) is 2.25. The molecule has 0 fully saturated rings. The number of rotatable bonds is 3. The Bertz CT molecular complexity index is 788. The summed E-state index contributed by atoms with van der Waals surface area (Å²) in [6.07, 6.45) is 0. The molecule has 4 N–H and O–H groups in total. The van der Waals surface area contributed by atoms with Gasteiger partial charge in [-0.05, 0) is 42.5 Å². The predicted octanol–water partition coefficient (Wildman–Crippen LogP) is 1.95. The first kappa shape index (κ1) is 15.3. The highest BCUT2D eigenvalue weighted by Crippen LogP contribution is 2.26. The second kappa shape index (κ2) is 5.72. The molecule has 0 aromatic heterocycles. The van der Waals surface area contributed by atoms with E-state index in [1.807, 2.05) is 0 Å². The quantitative estimate of drug-likeness (QED) is 0.749. The fourth-order valence-electron chi connectivity index (χ4n) is 1.59. The summed E-state index contributed by atoms with van der Waals surface area (Å²) in [7, 11) is -3.93. The molecular formula is C13H11ClN2O4S. The number of benzene rings is 2. The van der Waals surface area contributed by atoms with Gasteiger partial charge in [0.15, 0.2) is 0 Å². The fraction of sp³-hybridized carbons (Fsp3) is 0. The van der Waals surface area contributed by atoms with Crippen LogP contribution in [0.15, 0.2) is 47.4 Å². The number of halogens is 1. The number of aromatic hydroxyl groups is 1. The number of primary sulfonamides is 1. The van der Waals surface area contributed by atoms with Gasteiger partial charge in [-0.1, -0.05) is 11.6 Å². The molecule has 110 valence electrons. The molecule has 21 heavy (non-hydrogen) atoms. The summed E-state index contributed by atoms with van der Waals surface area (Å²) in [6, 6.07) is 9.43. The van der Waals surface area contributed by atoms with Gasteiger partial charge in [0.1, 0.15) is 5.75 Å². The van der Waals surface area contributed by atoms with Gasteiger partial charge in [-0.2, -0.15) is 0 Å². The van der Waals surface area contributed by atoms with E-state index in [0.29, 0.717) is 10.6 Å². The zero-order valence-electron chi connectivity index (χ0n) is 10.6. The van der Waals surface area contributed by atoms with Crippen molar-refractivity contribution in [3.63, 3.8) is 0 Å². The van der Waals surface area contributed by atoms with Gasteiger partial charge in [0.2, 0.25) is 10.0 Å². The predicted molar refractivity (Wildman–Crippen MR) is 78.9 cm³/mol. The Morgan fingerprint density at radius 1 is 1.14 bits per heavy atom. The van der Waals surface area contributed by atoms with Crippen molar-refractivity contribution in [2.75, 3.05) is 5.32 Å². The van der Waals surface area contributed by atoms with Crippen molar-refractivity contribution < 1.29 is 18.3 Å². The lowest BCUT2D eigenvalue weighted by molar-refractivity contribution is 0.102. The smallest absolute Gasteiger partial charge is 0.255 e. The van der Waals surface area contributed by atoms with Crippen LogP contribution in [0.25, 0.3) is 0 Å². The number of phenolic OH excluding ortho intramolecular Hbond substituents is 1. The molecule has 0 aliphatic heterocycles. The molecular weight excluding hydrogens is 316 g/mol. The monoisotopic (exact) mass is 326 g/mol. The number of anilines is 1. The number of nitrogens with one attached hydrogen (secondary N) is 1. The molecule has 0 atom stereocenters. The Labute approximate surface area is 126 Å². The normalized spacial score (nSPS) is 11.1. The van der Waals surface area contributed by atoms with Crippen LogP contribution >= 0.6 is 11.6 Å². The van der Waals surface area contributed by atoms with Gasteiger partial charge in [-0.3, -0.25) is 4.79 Å². The highest BCUT2D eigenvalue weighted by Gasteiger charge is 2.14. The van der Waals surface area contributed by atoms with Crippen LogP contribution in [-0.4, -0.2) is 19.4 Å². The number of nitrogens with two attached hydrogens (primary N) is 1. The van der Waals surface area contributed by atoms with Crippen molar-refractivity contribution in [3.05, 3.63) is 53.1 Å². The summed E-state index contributed by atoms with van der Waals surface area (Å²) < 4.78 is 22.5. The molecule has 6 nitrogen and oxygen atoms in total. The van der Waals surface area contributed by atoms with Crippen LogP contribution < -0.4 is 10.5 Å². The van der Waals surface area contributed by atoms with Gasteiger partial charge in [-0.25, -0.2) is 13.6 Å². The zero-order chi connectivity index (χ0) is 15.6. The third-order valence-corrected chi connectivity index (χ3v) is 3.81. The SMILES string of the molecule is NS(=O)(=O)c1ccc(O)c(NC(=O)c2ccc(Cl)cc2)c1. The maximum atomic E-state index is 12.0. The van der Waals surface area contributed by atoms with E-state index in [-0.39, 0.29) is 16.3 Å². The minimum absolute atomic E-state index is 0.0542. The average Bonchev–Trinajstić information content (AvgIpc) is 2.40. The molecule has 0 saturated carbocycles. The number of amides is 1. The topological polar surface area (TPSA) is 109 Å². The highest BCUT2D eigenvalue weighted by molar-refractivity contribution is 7.89. The molecule has 0 unspecified atom stereocenters. The molecule has 2 aromatic rings. The first-order valence-corrected chi connectivity index (χ1v) is 7.62. The summed E-state index contributed by atoms with van der Waals surface area (Å²) >= 11 is 5.72. The van der Waals surface area contributed by atoms with E-state index in [2.05, 4.69) is 5.32 Å². The first-order valence-electron chi connectivity index (χ1n) is 5.70. The lowest BCUT2D eigenvalue weighted by Gasteiger charge is -2.09. The summed E-state index contributed by atoms with van der Waals surface area (Å²) in [6.45, 7) is 0. The Morgan fingerprint density at radius 3 is 2.33 bits per heavy atom. The Morgan fingerprint density at radius 2 is 1.76 bits per heavy atom. The van der Waals surface area contributed by atoms with E-state index in [9.17, 15) is 18.3 Å². The minimum atomic E-state index is -3.93. The maximum absolute atomic E-state index is 12.0. The van der Waals surface area contributed by atoms with Crippen LogP contribution in [0.2, 0.25) is 5.02 Å². The van der Waals surface area contributed by atoms with Crippen molar-refractivity contribution in [2.45, 2.75) is 4.90 Å². The van der Waals surface area contributed by atoms with E-state index >= 15 is 0 Å². The summed E-state index contributed by atoms with van der Waals surface area (Å²) in [5, 5.41) is 17.6. The first-order chi connectivity index (χ1) is 9.77. The lowest BCUT2D eigenvalue weighted by Crippen LogP contribution is -2.15. The van der Waals surface area contributed by atoms with Crippen molar-refractivity contribution in [1.29, 1.82) is 0 Å². The van der Waals surface area contributed by atoms with E-state index in [1.54, 1.807) is 0 Å². The number of sulfonamides is 1. The molecule has 0 spiro atoms. The molecule has 0 saturated heterocycles. The molecule has 1 amide bonds. The van der Waals surface area contributed by atoms with Gasteiger partial charge in [0, 0.05) is 10.6 Å². The Balaban J connectivity index is 2.31. The average molecular weight is 327 g/mol. The molecule has 0 aliphatic carbocycles. The second-order valence-corrected chi connectivity index (χ2v) is 6.18. The van der Waals surface area contributed by atoms with E-state index < -0.39 is 15.9 Å². The molecule has 0 radical (unpaired) electrons. The van der Waals surface area contributed by atoms with Gasteiger partial charge in [0.05, 0.1) is 10.6 Å². The summed E-state index contributed by atoms with van der Waals surface area (Å²) in [5.74, 6) is -0.793. The van der Waals surface area contributed by atoms with Gasteiger partial charge >= 0.3 is 0 Å². The van der Waals surface area contributed by atoms with Gasteiger partial charge < -0.3 is 10.4 Å². The van der Waals surface area contributed by atoms with Crippen LogP contribution in [0.3, 0.4) is 0 Å². The number of phenols is 1. The number of hydrogen-bond acceptors (Lipinski definition) is 4. The molecule has 8 heteroatoms. The number of hydrogen-bond donors (Lipinski definition) is 3. The second-order valence-electron chi connectivity index (χ2n) is 4.18. The standard InChI is InChI=1S/C13H11ClN2O4S/c14-9-3-1-8(2-4-9)13(18)16-11-7-10(21(15,19)20)5-6-12(11)17/h1-7,17H,(H,16,18)(H2,15,19,20). The van der Waals surface area contributed by atoms with Crippen LogP contribution in [0, 0.1) is 0 Å². The molecule has 2 rings (SSSR count). The van der Waals surface area contributed by atoms with Crippen LogP contribution in [0.4, 0.5) is 5.69 Å². The lowest BCUT2D eigenvalue weighted by atomic mass is 10.2. The molecule has 0 heterocycles. The summed E-state index contributed by atoms with van der Waals surface area (Å²) in [4.78, 5) is 11.8. The van der Waals surface area contributed by atoms with Crippen LogP contribution in [-0.2, 0) is 10.0 Å². The largest absolute Gasteiger partial charge is 0.506 e. The van der Waals surface area contributed by atoms with Gasteiger partial charge in [0.25, 0.3) is 5.91 Å². The molecule has 2 aromatic carbocycles. The summed E-state index contributed by atoms with van der Waals surface area (Å²) in [5.41, 5.74) is 0.251. The van der Waals surface area contributed by atoms with E-state index in [1.165, 1.54) is 24.3 Å². The van der Waals surface area contributed by atoms with Gasteiger partial charge in [-0.15, -0.1) is 0 Å². The van der Waals surface area contributed by atoms with E-state index in [0.717, 1.165) is 18.2 Å². The van der Waals surface area contributed by atoms with Crippen LogP contribution in [0.5, 0.6) is 5.75 Å². The Kier molecular flexibility index (Phi) is 4.17. The van der Waals surface area contributed by atoms with Crippen molar-refractivity contribution in [2.24, 2.45) is 5.14 Å². The van der Waals surface area contributed by atoms with Crippen molar-refractivity contribution in [3.8, 4) is 5.75 Å². The molecule has 0 aliphatic rings. The Hall–Kier alpha value is -2.09. The molecule has 0 bridgehead atoms. The number of carbonyl (C=O) groups is 1. The van der Waals surface area contributed by atoms with E-state index in [4.69, 9.17) is 16.7 Å². The number of carbonyl (C=O) groups excluding carboxylic acids is 1. The zero-order valence-corrected chi connectivity index (χ0v) is 12.1. The highest BCUT2D eigenvalue weighted by atomic mass is 35.5. The van der Waals surface area contributed by atoms with Crippen molar-refractivity contribution >= 4 is 33.2 Å². The minimum Gasteiger partial charge on any atom is -0.506 e.